The van der Waals surface area contributed by atoms with Crippen LogP contribution in [0, 0.1) is 0 Å². The van der Waals surface area contributed by atoms with Gasteiger partial charge in [-0.3, -0.25) is 9.36 Å². The van der Waals surface area contributed by atoms with Crippen molar-refractivity contribution in [3.8, 4) is 11.6 Å². The molecule has 8 heteroatoms. The Bertz CT molecular complexity index is 767. The van der Waals surface area contributed by atoms with Gasteiger partial charge in [0, 0.05) is 19.2 Å². The Morgan fingerprint density at radius 1 is 1.38 bits per heavy atom. The van der Waals surface area contributed by atoms with Gasteiger partial charge in [-0.2, -0.15) is 0 Å². The summed E-state index contributed by atoms with van der Waals surface area (Å²) in [5.41, 5.74) is -0.267. The molecule has 0 aromatic carbocycles. The van der Waals surface area contributed by atoms with E-state index in [4.69, 9.17) is 9.15 Å². The van der Waals surface area contributed by atoms with Crippen molar-refractivity contribution in [2.45, 2.75) is 44.4 Å². The van der Waals surface area contributed by atoms with Gasteiger partial charge in [0.15, 0.2) is 5.76 Å². The summed E-state index contributed by atoms with van der Waals surface area (Å²) in [6.45, 7) is 1.12. The van der Waals surface area contributed by atoms with E-state index in [0.717, 1.165) is 32.3 Å². The molecule has 24 heavy (non-hydrogen) atoms. The van der Waals surface area contributed by atoms with Gasteiger partial charge in [0.25, 0.3) is 0 Å². The van der Waals surface area contributed by atoms with Gasteiger partial charge in [0.2, 0.25) is 11.7 Å². The molecule has 2 aromatic heterocycles. The fourth-order valence-corrected chi connectivity index (χ4v) is 2.98. The SMILES string of the molecule is O=C(Cn1nc(-c2ccco2)n(C2CC2)c1=O)NCC1CCCO1. The molecule has 1 unspecified atom stereocenters. The zero-order valence-corrected chi connectivity index (χ0v) is 13.3. The van der Waals surface area contributed by atoms with Gasteiger partial charge < -0.3 is 14.5 Å². The highest BCUT2D eigenvalue weighted by molar-refractivity contribution is 5.75. The number of hydrogen-bond acceptors (Lipinski definition) is 5. The monoisotopic (exact) mass is 332 g/mol. The predicted molar refractivity (Wildman–Crippen MR) is 84.4 cm³/mol. The fraction of sp³-hybridized carbons (Fsp3) is 0.562. The van der Waals surface area contributed by atoms with Crippen LogP contribution in [0.15, 0.2) is 27.6 Å². The van der Waals surface area contributed by atoms with E-state index < -0.39 is 0 Å². The Labute approximate surface area is 138 Å². The van der Waals surface area contributed by atoms with E-state index in [-0.39, 0.29) is 30.3 Å². The molecule has 8 nitrogen and oxygen atoms in total. The topological polar surface area (TPSA) is 91.3 Å². The third kappa shape index (κ3) is 3.01. The molecule has 3 heterocycles. The number of carbonyl (C=O) groups is 1. The Kier molecular flexibility index (Phi) is 3.97. The quantitative estimate of drug-likeness (QED) is 0.850. The number of furan rings is 1. The van der Waals surface area contributed by atoms with E-state index in [2.05, 4.69) is 10.4 Å². The molecule has 1 amide bonds. The summed E-state index contributed by atoms with van der Waals surface area (Å²) in [5, 5.41) is 7.13. The molecular weight excluding hydrogens is 312 g/mol. The maximum Gasteiger partial charge on any atom is 0.347 e. The third-order valence-electron chi connectivity index (χ3n) is 4.37. The first-order valence-corrected chi connectivity index (χ1v) is 8.34. The molecule has 0 spiro atoms. The van der Waals surface area contributed by atoms with Crippen molar-refractivity contribution in [2.24, 2.45) is 0 Å². The first-order chi connectivity index (χ1) is 11.7. The average Bonchev–Trinajstić information content (AvgIpc) is 3.00. The lowest BCUT2D eigenvalue weighted by Crippen LogP contribution is -2.37. The summed E-state index contributed by atoms with van der Waals surface area (Å²) < 4.78 is 13.7. The number of nitrogens with zero attached hydrogens (tertiary/aromatic N) is 3. The lowest BCUT2D eigenvalue weighted by Gasteiger charge is -2.10. The average molecular weight is 332 g/mol. The lowest BCUT2D eigenvalue weighted by molar-refractivity contribution is -0.122. The van der Waals surface area contributed by atoms with Crippen LogP contribution in [0.2, 0.25) is 0 Å². The zero-order chi connectivity index (χ0) is 16.5. The molecule has 2 aliphatic rings. The third-order valence-corrected chi connectivity index (χ3v) is 4.37. The van der Waals surface area contributed by atoms with Crippen molar-refractivity contribution >= 4 is 5.91 Å². The van der Waals surface area contributed by atoms with Gasteiger partial charge in [-0.25, -0.2) is 9.48 Å². The normalized spacial score (nSPS) is 20.4. The molecule has 128 valence electrons. The molecule has 1 N–H and O–H groups in total. The van der Waals surface area contributed by atoms with Crippen LogP contribution in [0.5, 0.6) is 0 Å². The second kappa shape index (κ2) is 6.27. The smallest absolute Gasteiger partial charge is 0.347 e. The minimum atomic E-state index is -0.267. The summed E-state index contributed by atoms with van der Waals surface area (Å²) >= 11 is 0. The summed E-state index contributed by atoms with van der Waals surface area (Å²) in [6, 6.07) is 3.67. The van der Waals surface area contributed by atoms with Gasteiger partial charge in [0.05, 0.1) is 12.4 Å². The number of aromatic nitrogens is 3. The minimum Gasteiger partial charge on any atom is -0.461 e. The van der Waals surface area contributed by atoms with Gasteiger partial charge >= 0.3 is 5.69 Å². The van der Waals surface area contributed by atoms with Crippen molar-refractivity contribution in [3.05, 3.63) is 28.9 Å². The van der Waals surface area contributed by atoms with Crippen LogP contribution in [-0.4, -0.2) is 39.5 Å². The highest BCUT2D eigenvalue weighted by Crippen LogP contribution is 2.36. The summed E-state index contributed by atoms with van der Waals surface area (Å²) in [5.74, 6) is 0.788. The Balaban J connectivity index is 1.49. The molecule has 1 saturated heterocycles. The van der Waals surface area contributed by atoms with Gasteiger partial charge in [-0.05, 0) is 37.8 Å². The van der Waals surface area contributed by atoms with Gasteiger partial charge in [0.1, 0.15) is 6.54 Å². The standard InChI is InChI=1S/C16H20N4O4/c21-14(17-9-12-3-1-7-23-12)10-19-16(22)20(11-5-6-11)15(18-19)13-4-2-8-24-13/h2,4,8,11-12H,1,3,5-7,9-10H2,(H,17,21). The van der Waals surface area contributed by atoms with Crippen LogP contribution in [0.25, 0.3) is 11.6 Å². The molecule has 2 aromatic rings. The summed E-state index contributed by atoms with van der Waals surface area (Å²) in [7, 11) is 0. The molecular formula is C16H20N4O4. The summed E-state index contributed by atoms with van der Waals surface area (Å²) in [6.07, 6.45) is 5.50. The van der Waals surface area contributed by atoms with Crippen LogP contribution in [0.1, 0.15) is 31.7 Å². The first kappa shape index (κ1) is 15.2. The second-order valence-electron chi connectivity index (χ2n) is 6.28. The Morgan fingerprint density at radius 2 is 2.25 bits per heavy atom. The number of nitrogens with one attached hydrogen (secondary N) is 1. The second-order valence-corrected chi connectivity index (χ2v) is 6.28. The molecule has 1 aliphatic carbocycles. The van der Waals surface area contributed by atoms with Crippen LogP contribution >= 0.6 is 0 Å². The zero-order valence-electron chi connectivity index (χ0n) is 13.3. The van der Waals surface area contributed by atoms with E-state index in [1.165, 1.54) is 4.68 Å². The molecule has 0 radical (unpaired) electrons. The number of amides is 1. The number of rotatable bonds is 6. The van der Waals surface area contributed by atoms with E-state index in [1.54, 1.807) is 23.0 Å². The van der Waals surface area contributed by atoms with Crippen LogP contribution < -0.4 is 11.0 Å². The lowest BCUT2D eigenvalue weighted by atomic mass is 10.2. The van der Waals surface area contributed by atoms with Gasteiger partial charge in [-0.15, -0.1) is 5.10 Å². The maximum absolute atomic E-state index is 12.6. The molecule has 2 fully saturated rings. The van der Waals surface area contributed by atoms with Crippen LogP contribution in [-0.2, 0) is 16.1 Å². The number of ether oxygens (including phenoxy) is 1. The van der Waals surface area contributed by atoms with Gasteiger partial charge in [-0.1, -0.05) is 0 Å². The molecule has 4 rings (SSSR count). The van der Waals surface area contributed by atoms with E-state index in [9.17, 15) is 9.59 Å². The van der Waals surface area contributed by atoms with Crippen molar-refractivity contribution in [1.29, 1.82) is 0 Å². The van der Waals surface area contributed by atoms with Crippen molar-refractivity contribution in [2.75, 3.05) is 13.2 Å². The summed E-state index contributed by atoms with van der Waals surface area (Å²) in [4.78, 5) is 24.7. The Hall–Kier alpha value is -2.35. The maximum atomic E-state index is 12.6. The van der Waals surface area contributed by atoms with E-state index in [1.807, 2.05) is 0 Å². The highest BCUT2D eigenvalue weighted by Gasteiger charge is 2.31. The van der Waals surface area contributed by atoms with Crippen LogP contribution in [0.3, 0.4) is 0 Å². The molecule has 1 aliphatic heterocycles. The predicted octanol–water partition coefficient (Wildman–Crippen LogP) is 0.935. The highest BCUT2D eigenvalue weighted by atomic mass is 16.5. The number of hydrogen-bond donors (Lipinski definition) is 1. The molecule has 1 saturated carbocycles. The Morgan fingerprint density at radius 3 is 2.92 bits per heavy atom. The van der Waals surface area contributed by atoms with Crippen molar-refractivity contribution < 1.29 is 13.9 Å². The van der Waals surface area contributed by atoms with E-state index in [0.29, 0.717) is 18.1 Å². The minimum absolute atomic E-state index is 0.0772. The number of carbonyl (C=O) groups excluding carboxylic acids is 1. The molecule has 1 atom stereocenters. The fourth-order valence-electron chi connectivity index (χ4n) is 2.98. The van der Waals surface area contributed by atoms with Crippen LogP contribution in [0.4, 0.5) is 0 Å². The van der Waals surface area contributed by atoms with Crippen molar-refractivity contribution in [3.63, 3.8) is 0 Å². The largest absolute Gasteiger partial charge is 0.461 e. The molecule has 0 bridgehead atoms. The first-order valence-electron chi connectivity index (χ1n) is 8.34. The van der Waals surface area contributed by atoms with Crippen molar-refractivity contribution in [1.82, 2.24) is 19.7 Å². The van der Waals surface area contributed by atoms with E-state index >= 15 is 0 Å².